The minimum Gasteiger partial charge on any atom is -0.313 e. The van der Waals surface area contributed by atoms with Crippen LogP contribution in [0.2, 0.25) is 0 Å². The maximum absolute atomic E-state index is 4.35. The molecule has 94 valence electrons. The number of hydrogen-bond acceptors (Lipinski definition) is 3. The predicted molar refractivity (Wildman–Crippen MR) is 80.0 cm³/mol. The molecule has 0 aliphatic carbocycles. The number of nitrogens with one attached hydrogen (secondary N) is 1. The Morgan fingerprint density at radius 3 is 2.44 bits per heavy atom. The number of hydrogen-bond donors (Lipinski definition) is 1. The standard InChI is InChI=1S/C14H15BrN2S/c1-10(16-2)11-3-6-13(7-4-11)18-14-8-5-12(15)9-17-14/h3-10,16H,1-2H3. The van der Waals surface area contributed by atoms with Crippen LogP contribution in [0.15, 0.2) is 57.0 Å². The van der Waals surface area contributed by atoms with Crippen LogP contribution < -0.4 is 5.32 Å². The lowest BCUT2D eigenvalue weighted by atomic mass is 10.1. The molecule has 0 bridgehead atoms. The molecular weight excluding hydrogens is 308 g/mol. The van der Waals surface area contributed by atoms with Gasteiger partial charge in [-0.1, -0.05) is 23.9 Å². The normalized spacial score (nSPS) is 12.4. The Balaban J connectivity index is 2.08. The fourth-order valence-corrected chi connectivity index (χ4v) is 2.52. The largest absolute Gasteiger partial charge is 0.313 e. The zero-order valence-corrected chi connectivity index (χ0v) is 12.8. The monoisotopic (exact) mass is 322 g/mol. The Kier molecular flexibility index (Phi) is 4.80. The molecule has 1 heterocycles. The van der Waals surface area contributed by atoms with Crippen molar-refractivity contribution in [3.63, 3.8) is 0 Å². The molecule has 0 radical (unpaired) electrons. The molecule has 1 aromatic carbocycles. The summed E-state index contributed by atoms with van der Waals surface area (Å²) in [4.78, 5) is 5.56. The molecule has 4 heteroatoms. The highest BCUT2D eigenvalue weighted by atomic mass is 79.9. The van der Waals surface area contributed by atoms with Crippen LogP contribution in [-0.4, -0.2) is 12.0 Å². The van der Waals surface area contributed by atoms with E-state index < -0.39 is 0 Å². The van der Waals surface area contributed by atoms with Crippen molar-refractivity contribution in [2.24, 2.45) is 0 Å². The minimum atomic E-state index is 0.384. The van der Waals surface area contributed by atoms with Gasteiger partial charge < -0.3 is 5.32 Å². The maximum atomic E-state index is 4.35. The van der Waals surface area contributed by atoms with Gasteiger partial charge in [0.05, 0.1) is 0 Å². The number of pyridine rings is 1. The molecule has 0 aliphatic rings. The average Bonchev–Trinajstić information content (AvgIpc) is 2.41. The molecule has 1 aromatic heterocycles. The smallest absolute Gasteiger partial charge is 0.101 e. The van der Waals surface area contributed by atoms with Gasteiger partial charge in [-0.15, -0.1) is 0 Å². The van der Waals surface area contributed by atoms with Crippen LogP contribution in [0.5, 0.6) is 0 Å². The maximum Gasteiger partial charge on any atom is 0.101 e. The minimum absolute atomic E-state index is 0.384. The first-order chi connectivity index (χ1) is 8.69. The van der Waals surface area contributed by atoms with Crippen molar-refractivity contribution in [3.05, 3.63) is 52.6 Å². The second kappa shape index (κ2) is 6.36. The van der Waals surface area contributed by atoms with Gasteiger partial charge >= 0.3 is 0 Å². The van der Waals surface area contributed by atoms with Crippen molar-refractivity contribution in [1.29, 1.82) is 0 Å². The van der Waals surface area contributed by atoms with Crippen molar-refractivity contribution >= 4 is 27.7 Å². The topological polar surface area (TPSA) is 24.9 Å². The Labute approximate surface area is 120 Å². The predicted octanol–water partition coefficient (Wildman–Crippen LogP) is 4.28. The molecule has 1 atom stereocenters. The van der Waals surface area contributed by atoms with Crippen molar-refractivity contribution in [2.75, 3.05) is 7.05 Å². The molecule has 0 aliphatic heterocycles. The van der Waals surface area contributed by atoms with E-state index in [0.29, 0.717) is 6.04 Å². The van der Waals surface area contributed by atoms with Crippen LogP contribution in [0.3, 0.4) is 0 Å². The van der Waals surface area contributed by atoms with Crippen LogP contribution in [0.1, 0.15) is 18.5 Å². The van der Waals surface area contributed by atoms with Gasteiger partial charge in [-0.2, -0.15) is 0 Å². The summed E-state index contributed by atoms with van der Waals surface area (Å²) < 4.78 is 1.00. The lowest BCUT2D eigenvalue weighted by molar-refractivity contribution is 0.652. The summed E-state index contributed by atoms with van der Waals surface area (Å²) in [5.41, 5.74) is 1.30. The molecule has 0 fully saturated rings. The molecule has 0 amide bonds. The zero-order valence-electron chi connectivity index (χ0n) is 10.4. The molecule has 18 heavy (non-hydrogen) atoms. The van der Waals surface area contributed by atoms with Crippen molar-refractivity contribution in [1.82, 2.24) is 10.3 Å². The number of benzene rings is 1. The SMILES string of the molecule is CNC(C)c1ccc(Sc2ccc(Br)cn2)cc1. The second-order valence-corrected chi connectivity index (χ2v) is 6.01. The van der Waals surface area contributed by atoms with E-state index in [0.717, 1.165) is 9.50 Å². The lowest BCUT2D eigenvalue weighted by Gasteiger charge is -2.10. The zero-order chi connectivity index (χ0) is 13.0. The van der Waals surface area contributed by atoms with Gasteiger partial charge in [-0.3, -0.25) is 0 Å². The molecule has 1 N–H and O–H groups in total. The number of halogens is 1. The Hall–Kier alpha value is -0.840. The first-order valence-corrected chi connectivity index (χ1v) is 7.36. The van der Waals surface area contributed by atoms with E-state index in [1.807, 2.05) is 25.4 Å². The van der Waals surface area contributed by atoms with Crippen LogP contribution in [0.25, 0.3) is 0 Å². The third-order valence-electron chi connectivity index (χ3n) is 2.74. The van der Waals surface area contributed by atoms with Gasteiger partial charge in [-0.05, 0) is 59.7 Å². The average molecular weight is 323 g/mol. The van der Waals surface area contributed by atoms with Gasteiger partial charge in [0, 0.05) is 21.6 Å². The van der Waals surface area contributed by atoms with Gasteiger partial charge in [0.1, 0.15) is 5.03 Å². The van der Waals surface area contributed by atoms with Gasteiger partial charge in [0.15, 0.2) is 0 Å². The summed E-state index contributed by atoms with van der Waals surface area (Å²) in [7, 11) is 1.97. The summed E-state index contributed by atoms with van der Waals surface area (Å²) in [6.07, 6.45) is 1.82. The highest BCUT2D eigenvalue weighted by Crippen LogP contribution is 2.27. The Bertz CT molecular complexity index is 496. The van der Waals surface area contributed by atoms with E-state index >= 15 is 0 Å². The molecule has 0 saturated heterocycles. The van der Waals surface area contributed by atoms with Gasteiger partial charge in [0.25, 0.3) is 0 Å². The van der Waals surface area contributed by atoms with E-state index in [4.69, 9.17) is 0 Å². The molecule has 2 rings (SSSR count). The Morgan fingerprint density at radius 2 is 1.89 bits per heavy atom. The fraction of sp³-hybridized carbons (Fsp3) is 0.214. The van der Waals surface area contributed by atoms with E-state index in [9.17, 15) is 0 Å². The van der Waals surface area contributed by atoms with Gasteiger partial charge in [-0.25, -0.2) is 4.98 Å². The van der Waals surface area contributed by atoms with Crippen LogP contribution in [0, 0.1) is 0 Å². The van der Waals surface area contributed by atoms with Crippen LogP contribution in [0.4, 0.5) is 0 Å². The molecule has 0 spiro atoms. The van der Waals surface area contributed by atoms with Crippen molar-refractivity contribution in [3.8, 4) is 0 Å². The molecule has 0 saturated carbocycles. The quantitative estimate of drug-likeness (QED) is 0.909. The molecule has 2 aromatic rings. The van der Waals surface area contributed by atoms with Crippen molar-refractivity contribution < 1.29 is 0 Å². The lowest BCUT2D eigenvalue weighted by Crippen LogP contribution is -2.11. The second-order valence-electron chi connectivity index (χ2n) is 4.00. The summed E-state index contributed by atoms with van der Waals surface area (Å²) in [6, 6.07) is 13.0. The highest BCUT2D eigenvalue weighted by Gasteiger charge is 2.03. The van der Waals surface area contributed by atoms with Crippen LogP contribution >= 0.6 is 27.7 Å². The molecule has 2 nitrogen and oxygen atoms in total. The molecule has 1 unspecified atom stereocenters. The number of aromatic nitrogens is 1. The summed E-state index contributed by atoms with van der Waals surface area (Å²) >= 11 is 5.06. The third kappa shape index (κ3) is 3.57. The number of nitrogens with zero attached hydrogens (tertiary/aromatic N) is 1. The van der Waals surface area contributed by atoms with E-state index in [1.165, 1.54) is 10.5 Å². The molecular formula is C14H15BrN2S. The summed E-state index contributed by atoms with van der Waals surface area (Å²) in [5, 5.41) is 4.24. The Morgan fingerprint density at radius 1 is 1.17 bits per heavy atom. The first-order valence-electron chi connectivity index (χ1n) is 5.75. The van der Waals surface area contributed by atoms with E-state index in [2.05, 4.69) is 57.4 Å². The van der Waals surface area contributed by atoms with E-state index in [1.54, 1.807) is 11.8 Å². The van der Waals surface area contributed by atoms with Gasteiger partial charge in [0.2, 0.25) is 0 Å². The first kappa shape index (κ1) is 13.6. The van der Waals surface area contributed by atoms with Crippen molar-refractivity contribution in [2.45, 2.75) is 22.9 Å². The van der Waals surface area contributed by atoms with Crippen LogP contribution in [-0.2, 0) is 0 Å². The highest BCUT2D eigenvalue weighted by molar-refractivity contribution is 9.10. The summed E-state index contributed by atoms with van der Waals surface area (Å²) in [5.74, 6) is 0. The number of rotatable bonds is 4. The van der Waals surface area contributed by atoms with E-state index in [-0.39, 0.29) is 0 Å². The third-order valence-corrected chi connectivity index (χ3v) is 4.16. The fourth-order valence-electron chi connectivity index (χ4n) is 1.53. The summed E-state index contributed by atoms with van der Waals surface area (Å²) in [6.45, 7) is 2.15.